The number of hydrogen-bond acceptors (Lipinski definition) is 4. The molecule has 56 valence electrons. The van der Waals surface area contributed by atoms with E-state index >= 15 is 0 Å². The highest BCUT2D eigenvalue weighted by Gasteiger charge is 2.17. The first-order valence-electron chi connectivity index (χ1n) is 3.19. The Morgan fingerprint density at radius 1 is 1.80 bits per heavy atom. The third-order valence-corrected chi connectivity index (χ3v) is 1.15. The molecule has 0 bridgehead atoms. The number of carbonyl (C=O) groups is 1. The molecule has 0 aromatic rings. The molecule has 4 heteroatoms. The second-order valence-electron chi connectivity index (χ2n) is 1.88. The van der Waals surface area contributed by atoms with Gasteiger partial charge in [0.05, 0.1) is 6.61 Å². The first-order valence-corrected chi connectivity index (χ1v) is 3.19. The molecular formula is C6H10N2O2. The van der Waals surface area contributed by atoms with Gasteiger partial charge in [-0.3, -0.25) is 0 Å². The molecule has 0 aliphatic carbocycles. The maximum Gasteiger partial charge on any atom is 0.328 e. The fourth-order valence-electron chi connectivity index (χ4n) is 0.700. The van der Waals surface area contributed by atoms with Crippen LogP contribution in [0.5, 0.6) is 0 Å². The van der Waals surface area contributed by atoms with Gasteiger partial charge in [0.1, 0.15) is 6.04 Å². The fourth-order valence-corrected chi connectivity index (χ4v) is 0.700. The lowest BCUT2D eigenvalue weighted by molar-refractivity contribution is -0.144. The fraction of sp³-hybridized carbons (Fsp3) is 0.500. The van der Waals surface area contributed by atoms with Crippen LogP contribution >= 0.6 is 0 Å². The zero-order valence-corrected chi connectivity index (χ0v) is 5.76. The molecule has 0 spiro atoms. The van der Waals surface area contributed by atoms with E-state index in [2.05, 4.69) is 10.9 Å². The highest BCUT2D eigenvalue weighted by atomic mass is 16.5. The minimum absolute atomic E-state index is 0.247. The van der Waals surface area contributed by atoms with Crippen molar-refractivity contribution in [2.45, 2.75) is 13.0 Å². The van der Waals surface area contributed by atoms with Crippen LogP contribution in [0.4, 0.5) is 0 Å². The summed E-state index contributed by atoms with van der Waals surface area (Å²) in [7, 11) is 0. The van der Waals surface area contributed by atoms with Gasteiger partial charge in [0.15, 0.2) is 0 Å². The van der Waals surface area contributed by atoms with E-state index in [0.717, 1.165) is 0 Å². The Hall–Kier alpha value is -1.03. The van der Waals surface area contributed by atoms with E-state index in [4.69, 9.17) is 4.74 Å². The van der Waals surface area contributed by atoms with Crippen molar-refractivity contribution in [1.29, 1.82) is 0 Å². The van der Waals surface area contributed by atoms with E-state index in [9.17, 15) is 4.79 Å². The van der Waals surface area contributed by atoms with Crippen LogP contribution in [0.25, 0.3) is 0 Å². The highest BCUT2D eigenvalue weighted by molar-refractivity contribution is 5.78. The molecule has 1 atom stereocenters. The van der Waals surface area contributed by atoms with Crippen molar-refractivity contribution in [3.8, 4) is 0 Å². The molecule has 0 saturated carbocycles. The summed E-state index contributed by atoms with van der Waals surface area (Å²) in [6.07, 6.45) is 3.37. The lowest BCUT2D eigenvalue weighted by Crippen LogP contribution is -2.37. The van der Waals surface area contributed by atoms with Crippen LogP contribution in [0.2, 0.25) is 0 Å². The number of hydrazine groups is 1. The Morgan fingerprint density at radius 3 is 3.10 bits per heavy atom. The lowest BCUT2D eigenvalue weighted by Gasteiger charge is -2.06. The summed E-state index contributed by atoms with van der Waals surface area (Å²) in [6.45, 7) is 2.20. The number of esters is 1. The minimum atomic E-state index is -0.319. The largest absolute Gasteiger partial charge is 0.465 e. The van der Waals surface area contributed by atoms with Gasteiger partial charge in [-0.05, 0) is 13.0 Å². The zero-order valence-electron chi connectivity index (χ0n) is 5.76. The zero-order chi connectivity index (χ0) is 7.40. The van der Waals surface area contributed by atoms with E-state index in [1.165, 1.54) is 0 Å². The quantitative estimate of drug-likeness (QED) is 0.512. The molecule has 1 rings (SSSR count). The SMILES string of the molecule is CCOC(=O)C1C=CNN1. The molecule has 0 aromatic heterocycles. The van der Waals surface area contributed by atoms with Gasteiger partial charge < -0.3 is 10.2 Å². The average molecular weight is 142 g/mol. The molecule has 1 unspecified atom stereocenters. The van der Waals surface area contributed by atoms with Crippen molar-refractivity contribution >= 4 is 5.97 Å². The smallest absolute Gasteiger partial charge is 0.328 e. The van der Waals surface area contributed by atoms with Gasteiger partial charge >= 0.3 is 5.97 Å². The summed E-state index contributed by atoms with van der Waals surface area (Å²) >= 11 is 0. The molecule has 0 fully saturated rings. The molecule has 4 nitrogen and oxygen atoms in total. The summed E-state index contributed by atoms with van der Waals surface area (Å²) in [6, 6.07) is -0.319. The standard InChI is InChI=1S/C6H10N2O2/c1-2-10-6(9)5-3-4-7-8-5/h3-5,7-8H,2H2,1H3. The Morgan fingerprint density at radius 2 is 2.60 bits per heavy atom. The van der Waals surface area contributed by atoms with Gasteiger partial charge in [0.2, 0.25) is 0 Å². The van der Waals surface area contributed by atoms with Gasteiger partial charge in [-0.1, -0.05) is 0 Å². The van der Waals surface area contributed by atoms with Crippen LogP contribution in [-0.2, 0) is 9.53 Å². The van der Waals surface area contributed by atoms with Crippen LogP contribution in [0.15, 0.2) is 12.3 Å². The lowest BCUT2D eigenvalue weighted by atomic mass is 10.3. The average Bonchev–Trinajstić information content (AvgIpc) is 2.38. The second-order valence-corrected chi connectivity index (χ2v) is 1.88. The molecule has 0 amide bonds. The van der Waals surface area contributed by atoms with Crippen molar-refractivity contribution in [3.63, 3.8) is 0 Å². The predicted octanol–water partition coefficient (Wildman–Crippen LogP) is -0.460. The van der Waals surface area contributed by atoms with Gasteiger partial charge in [0.25, 0.3) is 0 Å². The summed E-state index contributed by atoms with van der Waals surface area (Å²) in [5, 5.41) is 0. The first-order chi connectivity index (χ1) is 4.84. The van der Waals surface area contributed by atoms with Crippen LogP contribution in [-0.4, -0.2) is 18.6 Å². The topological polar surface area (TPSA) is 50.4 Å². The molecule has 0 radical (unpaired) electrons. The molecular weight excluding hydrogens is 132 g/mol. The van der Waals surface area contributed by atoms with Gasteiger partial charge in [-0.25, -0.2) is 10.2 Å². The van der Waals surface area contributed by atoms with E-state index in [1.807, 2.05) is 0 Å². The maximum atomic E-state index is 10.9. The van der Waals surface area contributed by atoms with Crippen LogP contribution in [0.3, 0.4) is 0 Å². The van der Waals surface area contributed by atoms with E-state index in [-0.39, 0.29) is 12.0 Å². The molecule has 0 aromatic carbocycles. The van der Waals surface area contributed by atoms with E-state index in [0.29, 0.717) is 6.61 Å². The molecule has 1 aliphatic heterocycles. The van der Waals surface area contributed by atoms with Crippen LogP contribution < -0.4 is 10.9 Å². The van der Waals surface area contributed by atoms with Gasteiger partial charge in [-0.15, -0.1) is 0 Å². The number of nitrogens with one attached hydrogen (secondary N) is 2. The van der Waals surface area contributed by atoms with Crippen molar-refractivity contribution < 1.29 is 9.53 Å². The van der Waals surface area contributed by atoms with E-state index < -0.39 is 0 Å². The Labute approximate surface area is 59.2 Å². The van der Waals surface area contributed by atoms with Crippen LogP contribution in [0, 0.1) is 0 Å². The third-order valence-electron chi connectivity index (χ3n) is 1.15. The summed E-state index contributed by atoms with van der Waals surface area (Å²) in [4.78, 5) is 10.9. The third kappa shape index (κ3) is 1.48. The normalized spacial score (nSPS) is 22.3. The number of rotatable bonds is 2. The number of ether oxygens (including phenoxy) is 1. The summed E-state index contributed by atoms with van der Waals surface area (Å²) < 4.78 is 4.73. The number of carbonyl (C=O) groups excluding carboxylic acids is 1. The summed E-state index contributed by atoms with van der Waals surface area (Å²) in [5.41, 5.74) is 5.39. The first kappa shape index (κ1) is 7.08. The molecule has 1 heterocycles. The number of hydrogen-bond donors (Lipinski definition) is 2. The Balaban J connectivity index is 2.33. The van der Waals surface area contributed by atoms with Crippen molar-refractivity contribution in [1.82, 2.24) is 10.9 Å². The van der Waals surface area contributed by atoms with E-state index in [1.54, 1.807) is 19.2 Å². The summed E-state index contributed by atoms with van der Waals surface area (Å²) in [5.74, 6) is -0.247. The van der Waals surface area contributed by atoms with Crippen molar-refractivity contribution in [2.24, 2.45) is 0 Å². The van der Waals surface area contributed by atoms with Gasteiger partial charge in [0, 0.05) is 6.20 Å². The van der Waals surface area contributed by atoms with Gasteiger partial charge in [-0.2, -0.15) is 0 Å². The highest BCUT2D eigenvalue weighted by Crippen LogP contribution is 1.93. The monoisotopic (exact) mass is 142 g/mol. The van der Waals surface area contributed by atoms with Crippen LogP contribution in [0.1, 0.15) is 6.92 Å². The van der Waals surface area contributed by atoms with Crippen molar-refractivity contribution in [3.05, 3.63) is 12.3 Å². The second kappa shape index (κ2) is 3.22. The minimum Gasteiger partial charge on any atom is -0.465 e. The Bertz CT molecular complexity index is 156. The molecule has 0 saturated heterocycles. The Kier molecular flexibility index (Phi) is 2.28. The maximum absolute atomic E-state index is 10.9. The molecule has 2 N–H and O–H groups in total. The predicted molar refractivity (Wildman–Crippen MR) is 35.8 cm³/mol. The molecule has 10 heavy (non-hydrogen) atoms. The molecule has 1 aliphatic rings. The van der Waals surface area contributed by atoms with Crippen molar-refractivity contribution in [2.75, 3.05) is 6.61 Å².